The average Bonchev–Trinajstić information content (AvgIpc) is 2.15. The van der Waals surface area contributed by atoms with E-state index in [0.29, 0.717) is 24.5 Å². The molecular weight excluding hydrogens is 190 g/mol. The van der Waals surface area contributed by atoms with Crippen LogP contribution in [0.4, 0.5) is 0 Å². The highest BCUT2D eigenvalue weighted by Gasteiger charge is 2.22. The van der Waals surface area contributed by atoms with Gasteiger partial charge >= 0.3 is 0 Å². The van der Waals surface area contributed by atoms with E-state index in [9.17, 15) is 0 Å². The van der Waals surface area contributed by atoms with E-state index in [-0.39, 0.29) is 0 Å². The molecule has 0 heterocycles. The molecule has 2 N–H and O–H groups in total. The first kappa shape index (κ1) is 14.9. The fourth-order valence-corrected chi connectivity index (χ4v) is 1.58. The van der Waals surface area contributed by atoms with E-state index in [2.05, 4.69) is 20.8 Å². The van der Waals surface area contributed by atoms with Crippen molar-refractivity contribution in [3.8, 4) is 0 Å². The molecule has 0 radical (unpaired) electrons. The lowest BCUT2D eigenvalue weighted by atomic mass is 9.78. The van der Waals surface area contributed by atoms with Crippen LogP contribution in [0.5, 0.6) is 0 Å². The second-order valence-corrected chi connectivity index (χ2v) is 5.05. The Morgan fingerprint density at radius 1 is 1.13 bits per heavy atom. The zero-order valence-electron chi connectivity index (χ0n) is 10.7. The van der Waals surface area contributed by atoms with Crippen molar-refractivity contribution < 1.29 is 9.47 Å². The third-order valence-corrected chi connectivity index (χ3v) is 2.78. The third kappa shape index (κ3) is 7.77. The molecule has 0 spiro atoms. The van der Waals surface area contributed by atoms with Gasteiger partial charge in [0.1, 0.15) is 0 Å². The van der Waals surface area contributed by atoms with Gasteiger partial charge in [0.15, 0.2) is 0 Å². The van der Waals surface area contributed by atoms with Gasteiger partial charge in [-0.15, -0.1) is 0 Å². The smallest absolute Gasteiger partial charge is 0.0700 e. The highest BCUT2D eigenvalue weighted by Crippen LogP contribution is 2.28. The van der Waals surface area contributed by atoms with Crippen LogP contribution in [0.15, 0.2) is 0 Å². The number of rotatable bonds is 8. The predicted octanol–water partition coefficient (Wildman–Crippen LogP) is 2.05. The highest BCUT2D eigenvalue weighted by molar-refractivity contribution is 4.74. The average molecular weight is 217 g/mol. The van der Waals surface area contributed by atoms with Crippen LogP contribution in [0.3, 0.4) is 0 Å². The van der Waals surface area contributed by atoms with Gasteiger partial charge in [-0.2, -0.15) is 0 Å². The summed E-state index contributed by atoms with van der Waals surface area (Å²) in [6.07, 6.45) is 2.23. The van der Waals surface area contributed by atoms with Gasteiger partial charge in [-0.05, 0) is 30.7 Å². The summed E-state index contributed by atoms with van der Waals surface area (Å²) in [4.78, 5) is 0. The molecule has 0 amide bonds. The first-order valence-corrected chi connectivity index (χ1v) is 5.79. The minimum absolute atomic E-state index is 0.307. The molecular formula is C12H27NO2. The summed E-state index contributed by atoms with van der Waals surface area (Å²) in [5, 5.41) is 0. The Morgan fingerprint density at radius 2 is 1.80 bits per heavy atom. The van der Waals surface area contributed by atoms with E-state index in [1.807, 2.05) is 0 Å². The molecule has 0 fully saturated rings. The molecule has 0 aliphatic heterocycles. The molecule has 0 aliphatic rings. The minimum Gasteiger partial charge on any atom is -0.382 e. The number of methoxy groups -OCH3 is 1. The molecule has 0 saturated heterocycles. The summed E-state index contributed by atoms with van der Waals surface area (Å²) in [7, 11) is 1.69. The van der Waals surface area contributed by atoms with Crippen molar-refractivity contribution in [2.45, 2.75) is 33.6 Å². The molecule has 1 atom stereocenters. The van der Waals surface area contributed by atoms with Gasteiger partial charge in [-0.25, -0.2) is 0 Å². The Bertz CT molecular complexity index is 143. The van der Waals surface area contributed by atoms with Crippen molar-refractivity contribution >= 4 is 0 Å². The quantitative estimate of drug-likeness (QED) is 0.633. The molecule has 0 rings (SSSR count). The first-order valence-electron chi connectivity index (χ1n) is 5.79. The van der Waals surface area contributed by atoms with Gasteiger partial charge in [-0.3, -0.25) is 0 Å². The zero-order valence-corrected chi connectivity index (χ0v) is 10.7. The fraction of sp³-hybridized carbons (Fsp3) is 1.00. The van der Waals surface area contributed by atoms with Gasteiger partial charge in [0.05, 0.1) is 13.2 Å². The number of nitrogens with two attached hydrogens (primary N) is 1. The van der Waals surface area contributed by atoms with Crippen molar-refractivity contribution in [2.24, 2.45) is 17.1 Å². The molecule has 0 aromatic carbocycles. The van der Waals surface area contributed by atoms with E-state index in [1.54, 1.807) is 7.11 Å². The summed E-state index contributed by atoms with van der Waals surface area (Å²) in [6.45, 7) is 9.69. The molecule has 0 aliphatic carbocycles. The lowest BCUT2D eigenvalue weighted by Gasteiger charge is -2.29. The molecule has 0 aromatic heterocycles. The maximum absolute atomic E-state index is 5.76. The monoisotopic (exact) mass is 217 g/mol. The fourth-order valence-electron chi connectivity index (χ4n) is 1.58. The normalized spacial score (nSPS) is 14.2. The Morgan fingerprint density at radius 3 is 2.27 bits per heavy atom. The molecule has 92 valence electrons. The SMILES string of the molecule is COCCOCCCC(CN)C(C)(C)C. The molecule has 0 aromatic rings. The van der Waals surface area contributed by atoms with E-state index in [1.165, 1.54) is 0 Å². The van der Waals surface area contributed by atoms with Crippen LogP contribution in [-0.4, -0.2) is 33.5 Å². The van der Waals surface area contributed by atoms with Crippen molar-refractivity contribution in [2.75, 3.05) is 33.5 Å². The number of ether oxygens (including phenoxy) is 2. The van der Waals surface area contributed by atoms with Gasteiger partial charge in [0.25, 0.3) is 0 Å². The second-order valence-electron chi connectivity index (χ2n) is 5.05. The lowest BCUT2D eigenvalue weighted by molar-refractivity contribution is 0.0646. The lowest BCUT2D eigenvalue weighted by Crippen LogP contribution is -2.28. The summed E-state index contributed by atoms with van der Waals surface area (Å²) < 4.78 is 10.3. The topological polar surface area (TPSA) is 44.5 Å². The standard InChI is InChI=1S/C12H27NO2/c1-12(2,3)11(10-13)6-5-7-15-9-8-14-4/h11H,5-10,13H2,1-4H3. The molecule has 15 heavy (non-hydrogen) atoms. The van der Waals surface area contributed by atoms with Crippen molar-refractivity contribution in [3.63, 3.8) is 0 Å². The Labute approximate surface area is 94.3 Å². The van der Waals surface area contributed by atoms with Crippen molar-refractivity contribution in [1.82, 2.24) is 0 Å². The van der Waals surface area contributed by atoms with Gasteiger partial charge in [0, 0.05) is 13.7 Å². The number of hydrogen-bond acceptors (Lipinski definition) is 3. The van der Waals surface area contributed by atoms with Crippen LogP contribution in [-0.2, 0) is 9.47 Å². The van der Waals surface area contributed by atoms with E-state index in [4.69, 9.17) is 15.2 Å². The number of hydrogen-bond donors (Lipinski definition) is 1. The molecule has 0 saturated carbocycles. The van der Waals surface area contributed by atoms with Crippen LogP contribution < -0.4 is 5.73 Å². The molecule has 0 bridgehead atoms. The molecule has 3 nitrogen and oxygen atoms in total. The van der Waals surface area contributed by atoms with Crippen LogP contribution >= 0.6 is 0 Å². The Hall–Kier alpha value is -0.120. The predicted molar refractivity (Wildman–Crippen MR) is 63.9 cm³/mol. The largest absolute Gasteiger partial charge is 0.382 e. The first-order chi connectivity index (χ1) is 7.02. The van der Waals surface area contributed by atoms with Crippen LogP contribution in [0.1, 0.15) is 33.6 Å². The van der Waals surface area contributed by atoms with Crippen molar-refractivity contribution in [1.29, 1.82) is 0 Å². The minimum atomic E-state index is 0.307. The van der Waals surface area contributed by atoms with E-state index >= 15 is 0 Å². The van der Waals surface area contributed by atoms with Crippen LogP contribution in [0.2, 0.25) is 0 Å². The maximum atomic E-state index is 5.76. The zero-order chi connectivity index (χ0) is 11.7. The Balaban J connectivity index is 3.48. The van der Waals surface area contributed by atoms with Gasteiger partial charge < -0.3 is 15.2 Å². The summed E-state index contributed by atoms with van der Waals surface area (Å²) >= 11 is 0. The molecule has 1 unspecified atom stereocenters. The summed E-state index contributed by atoms with van der Waals surface area (Å²) in [5.74, 6) is 0.587. The van der Waals surface area contributed by atoms with Crippen molar-refractivity contribution in [3.05, 3.63) is 0 Å². The van der Waals surface area contributed by atoms with Crippen LogP contribution in [0.25, 0.3) is 0 Å². The summed E-state index contributed by atoms with van der Waals surface area (Å²) in [5.41, 5.74) is 6.07. The molecule has 3 heteroatoms. The van der Waals surface area contributed by atoms with Crippen LogP contribution in [0, 0.1) is 11.3 Å². The van der Waals surface area contributed by atoms with Gasteiger partial charge in [-0.1, -0.05) is 20.8 Å². The summed E-state index contributed by atoms with van der Waals surface area (Å²) in [6, 6.07) is 0. The van der Waals surface area contributed by atoms with E-state index < -0.39 is 0 Å². The van der Waals surface area contributed by atoms with Gasteiger partial charge in [0.2, 0.25) is 0 Å². The highest BCUT2D eigenvalue weighted by atomic mass is 16.5. The second kappa shape index (κ2) is 8.08. The Kier molecular flexibility index (Phi) is 8.02. The van der Waals surface area contributed by atoms with E-state index in [0.717, 1.165) is 26.0 Å². The maximum Gasteiger partial charge on any atom is 0.0700 e. The third-order valence-electron chi connectivity index (χ3n) is 2.78.